The molecule has 1 atom stereocenters. The number of aromatic nitrogens is 7. The minimum atomic E-state index is -0.351. The SMILES string of the molecule is CC(Oc1nn2c(Br)nnc2cc1N1CCOCC1)c1nc[nH]n1. The van der Waals surface area contributed by atoms with Crippen LogP contribution in [0.15, 0.2) is 17.1 Å². The van der Waals surface area contributed by atoms with E-state index in [9.17, 15) is 0 Å². The Labute approximate surface area is 145 Å². The summed E-state index contributed by atoms with van der Waals surface area (Å²) < 4.78 is 13.6. The maximum atomic E-state index is 6.04. The lowest BCUT2D eigenvalue weighted by molar-refractivity contribution is 0.122. The molecule has 0 saturated carbocycles. The van der Waals surface area contributed by atoms with Crippen LogP contribution in [0.1, 0.15) is 18.9 Å². The highest BCUT2D eigenvalue weighted by Crippen LogP contribution is 2.31. The summed E-state index contributed by atoms with van der Waals surface area (Å²) in [5.41, 5.74) is 1.49. The standard InChI is InChI=1S/C13H15BrN8O2/c1-8(11-15-7-16-18-11)24-12-9(21-2-4-23-5-3-21)6-10-17-19-13(14)22(10)20-12/h6-8H,2-5H2,1H3,(H,15,16,18). The molecule has 0 spiro atoms. The minimum absolute atomic E-state index is 0.351. The Balaban J connectivity index is 1.73. The van der Waals surface area contributed by atoms with Crippen molar-refractivity contribution in [1.82, 2.24) is 35.0 Å². The summed E-state index contributed by atoms with van der Waals surface area (Å²) in [5.74, 6) is 1.04. The van der Waals surface area contributed by atoms with Crippen molar-refractivity contribution in [3.63, 3.8) is 0 Å². The van der Waals surface area contributed by atoms with E-state index < -0.39 is 0 Å². The predicted molar refractivity (Wildman–Crippen MR) is 86.9 cm³/mol. The number of rotatable bonds is 4. The molecule has 126 valence electrons. The quantitative estimate of drug-likeness (QED) is 0.697. The van der Waals surface area contributed by atoms with Crippen molar-refractivity contribution in [3.05, 3.63) is 23.0 Å². The Morgan fingerprint density at radius 1 is 1.33 bits per heavy atom. The number of hydrogen-bond donors (Lipinski definition) is 1. The zero-order valence-corrected chi connectivity index (χ0v) is 14.5. The van der Waals surface area contributed by atoms with Crippen molar-refractivity contribution in [1.29, 1.82) is 0 Å². The number of fused-ring (bicyclic) bond motifs is 1. The van der Waals surface area contributed by atoms with E-state index in [1.165, 1.54) is 6.33 Å². The molecule has 3 aromatic heterocycles. The highest BCUT2D eigenvalue weighted by atomic mass is 79.9. The number of nitrogens with one attached hydrogen (secondary N) is 1. The van der Waals surface area contributed by atoms with Gasteiger partial charge < -0.3 is 14.4 Å². The molecule has 1 aliphatic heterocycles. The molecule has 1 unspecified atom stereocenters. The zero-order valence-electron chi connectivity index (χ0n) is 12.9. The number of H-pyrrole nitrogens is 1. The molecule has 3 aromatic rings. The van der Waals surface area contributed by atoms with Crippen molar-refractivity contribution < 1.29 is 9.47 Å². The number of hydrogen-bond acceptors (Lipinski definition) is 8. The van der Waals surface area contributed by atoms with Crippen molar-refractivity contribution in [2.45, 2.75) is 13.0 Å². The number of anilines is 1. The summed E-state index contributed by atoms with van der Waals surface area (Å²) in [5, 5.41) is 19.4. The van der Waals surface area contributed by atoms with Gasteiger partial charge in [0.1, 0.15) is 12.0 Å². The molecule has 11 heteroatoms. The van der Waals surface area contributed by atoms with E-state index in [1.807, 2.05) is 13.0 Å². The van der Waals surface area contributed by atoms with Crippen LogP contribution in [0.2, 0.25) is 0 Å². The summed E-state index contributed by atoms with van der Waals surface area (Å²) in [6.07, 6.45) is 1.17. The molecule has 24 heavy (non-hydrogen) atoms. The van der Waals surface area contributed by atoms with Gasteiger partial charge in [-0.25, -0.2) is 4.98 Å². The lowest BCUT2D eigenvalue weighted by Gasteiger charge is -2.30. The van der Waals surface area contributed by atoms with Gasteiger partial charge in [-0.15, -0.1) is 15.3 Å². The van der Waals surface area contributed by atoms with Crippen molar-refractivity contribution in [2.75, 3.05) is 31.2 Å². The summed E-state index contributed by atoms with van der Waals surface area (Å²) >= 11 is 3.33. The lowest BCUT2D eigenvalue weighted by Crippen LogP contribution is -2.36. The van der Waals surface area contributed by atoms with Gasteiger partial charge in [-0.3, -0.25) is 5.10 Å². The summed E-state index contributed by atoms with van der Waals surface area (Å²) in [6.45, 7) is 4.73. The van der Waals surface area contributed by atoms with Crippen LogP contribution in [-0.2, 0) is 4.74 Å². The van der Waals surface area contributed by atoms with Crippen LogP contribution in [0.3, 0.4) is 0 Å². The maximum Gasteiger partial charge on any atom is 0.256 e. The third kappa shape index (κ3) is 2.80. The third-order valence-corrected chi connectivity index (χ3v) is 4.23. The van der Waals surface area contributed by atoms with Gasteiger partial charge in [-0.05, 0) is 22.9 Å². The summed E-state index contributed by atoms with van der Waals surface area (Å²) in [4.78, 5) is 6.30. The third-order valence-electron chi connectivity index (χ3n) is 3.74. The van der Waals surface area contributed by atoms with E-state index in [0.29, 0.717) is 35.3 Å². The van der Waals surface area contributed by atoms with Crippen LogP contribution in [0.25, 0.3) is 5.65 Å². The molecule has 1 saturated heterocycles. The van der Waals surface area contributed by atoms with Crippen LogP contribution in [0.5, 0.6) is 5.88 Å². The molecule has 0 radical (unpaired) electrons. The topological polar surface area (TPSA) is 106 Å². The predicted octanol–water partition coefficient (Wildman–Crippen LogP) is 0.981. The van der Waals surface area contributed by atoms with E-state index >= 15 is 0 Å². The lowest BCUT2D eigenvalue weighted by atomic mass is 10.3. The first kappa shape index (κ1) is 15.3. The number of nitrogens with zero attached hydrogens (tertiary/aromatic N) is 7. The molecular formula is C13H15BrN8O2. The van der Waals surface area contributed by atoms with Crippen LogP contribution >= 0.6 is 15.9 Å². The zero-order chi connectivity index (χ0) is 16.5. The number of aromatic amines is 1. The molecule has 0 bridgehead atoms. The van der Waals surface area contributed by atoms with Gasteiger partial charge in [0.15, 0.2) is 17.6 Å². The number of halogens is 1. The molecular weight excluding hydrogens is 380 g/mol. The Kier molecular flexibility index (Phi) is 4.02. The van der Waals surface area contributed by atoms with Gasteiger partial charge >= 0.3 is 0 Å². The van der Waals surface area contributed by atoms with E-state index in [2.05, 4.69) is 51.3 Å². The van der Waals surface area contributed by atoms with E-state index in [-0.39, 0.29) is 6.10 Å². The monoisotopic (exact) mass is 394 g/mol. The molecule has 1 N–H and O–H groups in total. The summed E-state index contributed by atoms with van der Waals surface area (Å²) in [7, 11) is 0. The molecule has 4 heterocycles. The van der Waals surface area contributed by atoms with Crippen LogP contribution in [0, 0.1) is 0 Å². The van der Waals surface area contributed by atoms with Crippen LogP contribution in [-0.4, -0.2) is 61.3 Å². The summed E-state index contributed by atoms with van der Waals surface area (Å²) in [6, 6.07) is 1.91. The van der Waals surface area contributed by atoms with Crippen molar-refractivity contribution in [3.8, 4) is 5.88 Å². The normalized spacial score (nSPS) is 16.5. The van der Waals surface area contributed by atoms with Crippen LogP contribution in [0.4, 0.5) is 5.69 Å². The number of ether oxygens (including phenoxy) is 2. The van der Waals surface area contributed by atoms with Gasteiger partial charge in [0, 0.05) is 19.2 Å². The number of morpholine rings is 1. The highest BCUT2D eigenvalue weighted by Gasteiger charge is 2.22. The van der Waals surface area contributed by atoms with Crippen LogP contribution < -0.4 is 9.64 Å². The first-order valence-corrected chi connectivity index (χ1v) is 8.28. The molecule has 4 rings (SSSR count). The Hall–Kier alpha value is -2.27. The second-order valence-corrected chi connectivity index (χ2v) is 6.00. The smallest absolute Gasteiger partial charge is 0.256 e. The Morgan fingerprint density at radius 3 is 2.92 bits per heavy atom. The molecule has 1 fully saturated rings. The molecule has 0 aliphatic carbocycles. The Morgan fingerprint density at radius 2 is 2.17 bits per heavy atom. The van der Waals surface area contributed by atoms with Crippen molar-refractivity contribution >= 4 is 27.3 Å². The van der Waals surface area contributed by atoms with E-state index in [4.69, 9.17) is 9.47 Å². The van der Waals surface area contributed by atoms with Gasteiger partial charge in [-0.1, -0.05) is 0 Å². The van der Waals surface area contributed by atoms with E-state index in [0.717, 1.165) is 18.8 Å². The second-order valence-electron chi connectivity index (χ2n) is 5.29. The van der Waals surface area contributed by atoms with E-state index in [1.54, 1.807) is 4.52 Å². The van der Waals surface area contributed by atoms with Gasteiger partial charge in [0.2, 0.25) is 4.73 Å². The Bertz CT molecular complexity index is 830. The average molecular weight is 395 g/mol. The average Bonchev–Trinajstić information content (AvgIpc) is 3.26. The first-order chi connectivity index (χ1) is 11.7. The molecule has 10 nitrogen and oxygen atoms in total. The fourth-order valence-corrected chi connectivity index (χ4v) is 2.87. The fourth-order valence-electron chi connectivity index (χ4n) is 2.53. The maximum absolute atomic E-state index is 6.04. The second kappa shape index (κ2) is 6.32. The molecule has 1 aliphatic rings. The van der Waals surface area contributed by atoms with Gasteiger partial charge in [0.25, 0.3) is 5.88 Å². The highest BCUT2D eigenvalue weighted by molar-refractivity contribution is 9.10. The van der Waals surface area contributed by atoms with Gasteiger partial charge in [0.05, 0.1) is 13.2 Å². The largest absolute Gasteiger partial charge is 0.464 e. The fraction of sp³-hybridized carbons (Fsp3) is 0.462. The van der Waals surface area contributed by atoms with Crippen molar-refractivity contribution in [2.24, 2.45) is 0 Å². The molecule has 0 amide bonds. The molecule has 0 aromatic carbocycles. The van der Waals surface area contributed by atoms with Gasteiger partial charge in [-0.2, -0.15) is 9.61 Å². The first-order valence-electron chi connectivity index (χ1n) is 7.49. The minimum Gasteiger partial charge on any atom is -0.464 e.